The third-order valence-electron chi connectivity index (χ3n) is 2.85. The lowest BCUT2D eigenvalue weighted by Gasteiger charge is -2.10. The monoisotopic (exact) mass is 293 g/mol. The molecular formula is C14H16ClN3O2. The summed E-state index contributed by atoms with van der Waals surface area (Å²) in [7, 11) is 1.74. The normalized spacial score (nSPS) is 12.2. The van der Waals surface area contributed by atoms with Gasteiger partial charge in [0, 0.05) is 24.8 Å². The summed E-state index contributed by atoms with van der Waals surface area (Å²) in [5.74, 6) is -0.283. The minimum Gasteiger partial charge on any atom is -0.394 e. The minimum absolute atomic E-state index is 0.118. The largest absolute Gasteiger partial charge is 0.394 e. The van der Waals surface area contributed by atoms with Crippen molar-refractivity contribution in [2.75, 3.05) is 6.61 Å². The predicted octanol–water partition coefficient (Wildman–Crippen LogP) is 1.85. The molecule has 2 N–H and O–H groups in total. The highest BCUT2D eigenvalue weighted by Gasteiger charge is 2.19. The van der Waals surface area contributed by atoms with Gasteiger partial charge < -0.3 is 10.4 Å². The van der Waals surface area contributed by atoms with E-state index in [1.54, 1.807) is 30.9 Å². The number of aryl methyl sites for hydroxylation is 1. The second-order valence-corrected chi connectivity index (χ2v) is 5.01. The van der Waals surface area contributed by atoms with Crippen molar-refractivity contribution < 1.29 is 9.90 Å². The van der Waals surface area contributed by atoms with Crippen molar-refractivity contribution in [2.24, 2.45) is 7.05 Å². The Morgan fingerprint density at radius 2 is 2.20 bits per heavy atom. The van der Waals surface area contributed by atoms with Crippen LogP contribution in [0.15, 0.2) is 30.5 Å². The van der Waals surface area contributed by atoms with Crippen molar-refractivity contribution in [1.29, 1.82) is 0 Å². The van der Waals surface area contributed by atoms with Crippen LogP contribution in [0.1, 0.15) is 17.3 Å². The number of nitrogens with zero attached hydrogens (tertiary/aromatic N) is 2. The van der Waals surface area contributed by atoms with Crippen molar-refractivity contribution >= 4 is 17.5 Å². The fourth-order valence-corrected chi connectivity index (χ4v) is 2.08. The standard InChI is InChI=1S/C14H16ClN3O2/c1-9(8-19)16-14(20)11-7-18(2)17-13(11)10-5-3-4-6-12(10)15/h3-7,9,19H,8H2,1-2H3,(H,16,20). The molecule has 6 heteroatoms. The highest BCUT2D eigenvalue weighted by atomic mass is 35.5. The Morgan fingerprint density at radius 3 is 2.85 bits per heavy atom. The summed E-state index contributed by atoms with van der Waals surface area (Å²) in [6, 6.07) is 6.92. The number of nitrogens with one attached hydrogen (secondary N) is 1. The lowest BCUT2D eigenvalue weighted by atomic mass is 10.1. The van der Waals surface area contributed by atoms with E-state index in [-0.39, 0.29) is 18.6 Å². The molecule has 0 spiro atoms. The van der Waals surface area contributed by atoms with Gasteiger partial charge in [-0.1, -0.05) is 29.8 Å². The Hall–Kier alpha value is -1.85. The second-order valence-electron chi connectivity index (χ2n) is 4.60. The van der Waals surface area contributed by atoms with Crippen LogP contribution in [0, 0.1) is 0 Å². The van der Waals surface area contributed by atoms with Gasteiger partial charge in [0.05, 0.1) is 17.2 Å². The Kier molecular flexibility index (Phi) is 4.42. The van der Waals surface area contributed by atoms with Gasteiger partial charge in [-0.05, 0) is 13.0 Å². The van der Waals surface area contributed by atoms with E-state index in [1.807, 2.05) is 18.2 Å². The van der Waals surface area contributed by atoms with Crippen LogP contribution in [0.3, 0.4) is 0 Å². The number of hydrogen-bond donors (Lipinski definition) is 2. The zero-order chi connectivity index (χ0) is 14.7. The molecule has 0 aliphatic rings. The molecule has 1 aromatic heterocycles. The molecule has 106 valence electrons. The number of aliphatic hydroxyl groups is 1. The van der Waals surface area contributed by atoms with Gasteiger partial charge >= 0.3 is 0 Å². The molecule has 2 aromatic rings. The van der Waals surface area contributed by atoms with Gasteiger partial charge in [-0.15, -0.1) is 0 Å². The smallest absolute Gasteiger partial charge is 0.255 e. The average Bonchev–Trinajstić information content (AvgIpc) is 2.81. The third kappa shape index (κ3) is 3.00. The van der Waals surface area contributed by atoms with E-state index in [4.69, 9.17) is 16.7 Å². The van der Waals surface area contributed by atoms with Gasteiger partial charge in [0.25, 0.3) is 5.91 Å². The maximum atomic E-state index is 12.2. The van der Waals surface area contributed by atoms with Crippen molar-refractivity contribution in [3.8, 4) is 11.3 Å². The highest BCUT2D eigenvalue weighted by Crippen LogP contribution is 2.28. The van der Waals surface area contributed by atoms with E-state index >= 15 is 0 Å². The van der Waals surface area contributed by atoms with Crippen LogP contribution in [0.5, 0.6) is 0 Å². The molecule has 0 saturated heterocycles. The lowest BCUT2D eigenvalue weighted by molar-refractivity contribution is 0.0923. The number of aromatic nitrogens is 2. The molecule has 20 heavy (non-hydrogen) atoms. The van der Waals surface area contributed by atoms with Gasteiger partial charge in [-0.3, -0.25) is 9.48 Å². The van der Waals surface area contributed by atoms with Crippen LogP contribution < -0.4 is 5.32 Å². The maximum absolute atomic E-state index is 12.2. The van der Waals surface area contributed by atoms with Crippen molar-refractivity contribution in [1.82, 2.24) is 15.1 Å². The van der Waals surface area contributed by atoms with Crippen molar-refractivity contribution in [3.05, 3.63) is 41.0 Å². The second kappa shape index (κ2) is 6.07. The molecule has 0 aliphatic heterocycles. The van der Waals surface area contributed by atoms with Gasteiger partial charge in [0.2, 0.25) is 0 Å². The Labute approximate surface area is 122 Å². The Bertz CT molecular complexity index is 625. The number of rotatable bonds is 4. The first-order chi connectivity index (χ1) is 9.52. The zero-order valence-electron chi connectivity index (χ0n) is 11.3. The number of carbonyl (C=O) groups is 1. The molecule has 1 unspecified atom stereocenters. The molecule has 1 amide bonds. The molecule has 1 heterocycles. The number of amides is 1. The van der Waals surface area contributed by atoms with Crippen molar-refractivity contribution in [2.45, 2.75) is 13.0 Å². The summed E-state index contributed by atoms with van der Waals surface area (Å²) >= 11 is 6.16. The molecule has 5 nitrogen and oxygen atoms in total. The van der Waals surface area contributed by atoms with E-state index in [1.165, 1.54) is 0 Å². The van der Waals surface area contributed by atoms with Crippen molar-refractivity contribution in [3.63, 3.8) is 0 Å². The van der Waals surface area contributed by atoms with E-state index in [0.717, 1.165) is 0 Å². The molecule has 2 rings (SSSR count). The van der Waals surface area contributed by atoms with Gasteiger partial charge in [-0.2, -0.15) is 5.10 Å². The summed E-state index contributed by atoms with van der Waals surface area (Å²) in [4.78, 5) is 12.2. The molecule has 1 aromatic carbocycles. The topological polar surface area (TPSA) is 67.2 Å². The number of aliphatic hydroxyl groups excluding tert-OH is 1. The fourth-order valence-electron chi connectivity index (χ4n) is 1.85. The highest BCUT2D eigenvalue weighted by molar-refractivity contribution is 6.33. The average molecular weight is 294 g/mol. The SMILES string of the molecule is CC(CO)NC(=O)c1cn(C)nc1-c1ccccc1Cl. The van der Waals surface area contributed by atoms with E-state index in [9.17, 15) is 4.79 Å². The summed E-state index contributed by atoms with van der Waals surface area (Å²) in [5.41, 5.74) is 1.67. The number of carbonyl (C=O) groups excluding carboxylic acids is 1. The van der Waals surface area contributed by atoms with Crippen LogP contribution in [-0.2, 0) is 7.05 Å². The third-order valence-corrected chi connectivity index (χ3v) is 3.18. The summed E-state index contributed by atoms with van der Waals surface area (Å²) in [6.07, 6.45) is 1.64. The summed E-state index contributed by atoms with van der Waals surface area (Å²) in [6.45, 7) is 1.61. The Morgan fingerprint density at radius 1 is 1.50 bits per heavy atom. The predicted molar refractivity (Wildman–Crippen MR) is 77.7 cm³/mol. The van der Waals surface area contributed by atoms with E-state index in [2.05, 4.69) is 10.4 Å². The lowest BCUT2D eigenvalue weighted by Crippen LogP contribution is -2.35. The van der Waals surface area contributed by atoms with Gasteiger partial charge in [-0.25, -0.2) is 0 Å². The van der Waals surface area contributed by atoms with E-state index in [0.29, 0.717) is 21.8 Å². The van der Waals surface area contributed by atoms with Crippen LogP contribution in [-0.4, -0.2) is 33.4 Å². The van der Waals surface area contributed by atoms with Gasteiger partial charge in [0.15, 0.2) is 0 Å². The summed E-state index contributed by atoms with van der Waals surface area (Å²) in [5, 5.41) is 16.6. The van der Waals surface area contributed by atoms with Crippen LogP contribution in [0.2, 0.25) is 5.02 Å². The number of halogens is 1. The fraction of sp³-hybridized carbons (Fsp3) is 0.286. The molecule has 0 bridgehead atoms. The molecular weight excluding hydrogens is 278 g/mol. The van der Waals surface area contributed by atoms with Crippen LogP contribution >= 0.6 is 11.6 Å². The number of benzene rings is 1. The van der Waals surface area contributed by atoms with Crippen LogP contribution in [0.4, 0.5) is 0 Å². The minimum atomic E-state index is -0.318. The number of hydrogen-bond acceptors (Lipinski definition) is 3. The first-order valence-electron chi connectivity index (χ1n) is 6.23. The Balaban J connectivity index is 2.41. The molecule has 1 atom stereocenters. The summed E-state index contributed by atoms with van der Waals surface area (Å²) < 4.78 is 1.57. The van der Waals surface area contributed by atoms with Crippen LogP contribution in [0.25, 0.3) is 11.3 Å². The first-order valence-corrected chi connectivity index (χ1v) is 6.61. The first kappa shape index (κ1) is 14.6. The molecule has 0 saturated carbocycles. The van der Waals surface area contributed by atoms with E-state index < -0.39 is 0 Å². The van der Waals surface area contributed by atoms with Gasteiger partial charge in [0.1, 0.15) is 5.69 Å². The maximum Gasteiger partial charge on any atom is 0.255 e. The molecule has 0 fully saturated rings. The molecule has 0 radical (unpaired) electrons. The quantitative estimate of drug-likeness (QED) is 0.904. The zero-order valence-corrected chi connectivity index (χ0v) is 12.1. The molecule has 0 aliphatic carbocycles.